The van der Waals surface area contributed by atoms with Gasteiger partial charge in [0.05, 0.1) is 12.3 Å². The standard InChI is InChI=1S/C18H14Br2N2O3/c1-2-25-16-8-5-13(20)9-11(16)10-15-17(23)21-22(18(15)24)14-6-3-12(19)4-7-14/h3-10H,2H2,1H3,(H,21,23). The third-order valence-corrected chi connectivity index (χ3v) is 4.57. The molecule has 1 aliphatic rings. The highest BCUT2D eigenvalue weighted by Gasteiger charge is 2.34. The first-order valence-electron chi connectivity index (χ1n) is 7.54. The molecule has 128 valence electrons. The smallest absolute Gasteiger partial charge is 0.282 e. The maximum Gasteiger partial charge on any atom is 0.282 e. The first-order chi connectivity index (χ1) is 12.0. The van der Waals surface area contributed by atoms with Gasteiger partial charge >= 0.3 is 0 Å². The van der Waals surface area contributed by atoms with Crippen LogP contribution in [-0.2, 0) is 9.59 Å². The lowest BCUT2D eigenvalue weighted by Gasteiger charge is -2.14. The van der Waals surface area contributed by atoms with E-state index in [9.17, 15) is 9.59 Å². The molecule has 2 aromatic carbocycles. The number of nitrogens with one attached hydrogen (secondary N) is 1. The fraction of sp³-hybridized carbons (Fsp3) is 0.111. The maximum absolute atomic E-state index is 12.7. The van der Waals surface area contributed by atoms with E-state index < -0.39 is 11.8 Å². The minimum atomic E-state index is -0.449. The van der Waals surface area contributed by atoms with Crippen LogP contribution < -0.4 is 15.2 Å². The van der Waals surface area contributed by atoms with E-state index in [1.54, 1.807) is 42.5 Å². The van der Waals surface area contributed by atoms with Crippen molar-refractivity contribution < 1.29 is 14.3 Å². The normalized spacial score (nSPS) is 15.6. The quantitative estimate of drug-likeness (QED) is 0.546. The number of benzene rings is 2. The number of halogens is 2. The van der Waals surface area contributed by atoms with Crippen LogP contribution in [0.5, 0.6) is 5.75 Å². The van der Waals surface area contributed by atoms with Crippen molar-refractivity contribution in [2.45, 2.75) is 6.92 Å². The van der Waals surface area contributed by atoms with Gasteiger partial charge in [-0.15, -0.1) is 0 Å². The number of anilines is 1. The number of hydrazine groups is 1. The number of hydrogen-bond donors (Lipinski definition) is 1. The second-order valence-corrected chi connectivity index (χ2v) is 7.06. The van der Waals surface area contributed by atoms with Crippen molar-refractivity contribution in [1.29, 1.82) is 0 Å². The van der Waals surface area contributed by atoms with E-state index in [0.29, 0.717) is 23.6 Å². The lowest BCUT2D eigenvalue weighted by molar-refractivity contribution is -0.117. The summed E-state index contributed by atoms with van der Waals surface area (Å²) in [5.41, 5.74) is 3.89. The second-order valence-electron chi connectivity index (χ2n) is 5.23. The molecule has 0 atom stereocenters. The van der Waals surface area contributed by atoms with E-state index in [2.05, 4.69) is 37.3 Å². The minimum Gasteiger partial charge on any atom is -0.493 e. The van der Waals surface area contributed by atoms with E-state index in [1.807, 2.05) is 13.0 Å². The van der Waals surface area contributed by atoms with Gasteiger partial charge in [0.2, 0.25) is 0 Å². The van der Waals surface area contributed by atoms with Gasteiger partial charge in [0, 0.05) is 14.5 Å². The molecular weight excluding hydrogens is 452 g/mol. The van der Waals surface area contributed by atoms with Gasteiger partial charge in [0.15, 0.2) is 0 Å². The van der Waals surface area contributed by atoms with E-state index >= 15 is 0 Å². The number of ether oxygens (including phenoxy) is 1. The van der Waals surface area contributed by atoms with Gasteiger partial charge in [-0.2, -0.15) is 0 Å². The predicted molar refractivity (Wildman–Crippen MR) is 103 cm³/mol. The number of carbonyl (C=O) groups is 2. The van der Waals surface area contributed by atoms with Crippen LogP contribution in [0.1, 0.15) is 12.5 Å². The fourth-order valence-corrected chi connectivity index (χ4v) is 3.05. The van der Waals surface area contributed by atoms with Gasteiger partial charge in [-0.3, -0.25) is 15.0 Å². The number of carbonyl (C=O) groups excluding carboxylic acids is 2. The average molecular weight is 466 g/mol. The van der Waals surface area contributed by atoms with Crippen LogP contribution >= 0.6 is 31.9 Å². The molecule has 1 aliphatic heterocycles. The Morgan fingerprint density at radius 3 is 2.44 bits per heavy atom. The van der Waals surface area contributed by atoms with E-state index in [0.717, 1.165) is 8.95 Å². The summed E-state index contributed by atoms with van der Waals surface area (Å²) >= 11 is 6.74. The molecule has 2 aromatic rings. The van der Waals surface area contributed by atoms with Crippen molar-refractivity contribution in [3.8, 4) is 5.75 Å². The Morgan fingerprint density at radius 2 is 1.76 bits per heavy atom. The molecule has 0 radical (unpaired) electrons. The summed E-state index contributed by atoms with van der Waals surface area (Å²) in [7, 11) is 0. The molecule has 0 aromatic heterocycles. The predicted octanol–water partition coefficient (Wildman–Crippen LogP) is 4.07. The molecule has 1 fully saturated rings. The van der Waals surface area contributed by atoms with E-state index in [-0.39, 0.29) is 5.57 Å². The highest BCUT2D eigenvalue weighted by molar-refractivity contribution is 9.10. The van der Waals surface area contributed by atoms with Crippen LogP contribution in [0.15, 0.2) is 57.0 Å². The Hall–Kier alpha value is -2.12. The zero-order valence-electron chi connectivity index (χ0n) is 13.3. The molecule has 1 heterocycles. The Kier molecular flexibility index (Phi) is 5.24. The van der Waals surface area contributed by atoms with Crippen molar-refractivity contribution in [2.24, 2.45) is 0 Å². The zero-order valence-corrected chi connectivity index (χ0v) is 16.4. The van der Waals surface area contributed by atoms with Crippen LogP contribution in [0.25, 0.3) is 6.08 Å². The molecule has 25 heavy (non-hydrogen) atoms. The summed E-state index contributed by atoms with van der Waals surface area (Å²) in [6.07, 6.45) is 1.55. The van der Waals surface area contributed by atoms with Crippen molar-refractivity contribution in [2.75, 3.05) is 11.6 Å². The van der Waals surface area contributed by atoms with Crippen LogP contribution in [-0.4, -0.2) is 18.4 Å². The Morgan fingerprint density at radius 1 is 1.08 bits per heavy atom. The molecule has 0 aliphatic carbocycles. The molecule has 1 saturated heterocycles. The van der Waals surface area contributed by atoms with Gasteiger partial charge < -0.3 is 4.74 Å². The molecular formula is C18H14Br2N2O3. The highest BCUT2D eigenvalue weighted by atomic mass is 79.9. The van der Waals surface area contributed by atoms with Crippen molar-refractivity contribution >= 4 is 55.4 Å². The summed E-state index contributed by atoms with van der Waals surface area (Å²) in [5.74, 6) is -0.244. The molecule has 1 N–H and O–H groups in total. The van der Waals surface area contributed by atoms with Gasteiger partial charge in [0.25, 0.3) is 11.8 Å². The summed E-state index contributed by atoms with van der Waals surface area (Å²) in [6.45, 7) is 2.37. The van der Waals surface area contributed by atoms with Crippen LogP contribution in [0.3, 0.4) is 0 Å². The molecule has 2 amide bonds. The number of nitrogens with zero attached hydrogens (tertiary/aromatic N) is 1. The van der Waals surface area contributed by atoms with Crippen LogP contribution in [0.4, 0.5) is 5.69 Å². The average Bonchev–Trinajstić information content (AvgIpc) is 2.86. The maximum atomic E-state index is 12.7. The number of rotatable bonds is 4. The lowest BCUT2D eigenvalue weighted by Crippen LogP contribution is -2.35. The van der Waals surface area contributed by atoms with E-state index in [1.165, 1.54) is 5.01 Å². The summed E-state index contributed by atoms with van der Waals surface area (Å²) in [4.78, 5) is 25.0. The Bertz CT molecular complexity index is 863. The van der Waals surface area contributed by atoms with E-state index in [4.69, 9.17) is 4.74 Å². The summed E-state index contributed by atoms with van der Waals surface area (Å²) in [6, 6.07) is 12.5. The molecule has 0 unspecified atom stereocenters. The van der Waals surface area contributed by atoms with Crippen molar-refractivity contribution in [1.82, 2.24) is 5.43 Å². The Balaban J connectivity index is 1.96. The number of hydrogen-bond acceptors (Lipinski definition) is 3. The third kappa shape index (κ3) is 3.77. The second kappa shape index (κ2) is 7.41. The molecule has 7 heteroatoms. The zero-order chi connectivity index (χ0) is 18.0. The van der Waals surface area contributed by atoms with Crippen LogP contribution in [0, 0.1) is 0 Å². The molecule has 3 rings (SSSR count). The first kappa shape index (κ1) is 17.7. The SMILES string of the molecule is CCOc1ccc(Br)cc1C=C1C(=O)NN(c2ccc(Br)cc2)C1=O. The highest BCUT2D eigenvalue weighted by Crippen LogP contribution is 2.28. The van der Waals surface area contributed by atoms with Gasteiger partial charge in [-0.25, -0.2) is 5.01 Å². The monoisotopic (exact) mass is 464 g/mol. The molecule has 0 spiro atoms. The molecule has 5 nitrogen and oxygen atoms in total. The van der Waals surface area contributed by atoms with Crippen molar-refractivity contribution in [3.05, 3.63) is 62.5 Å². The van der Waals surface area contributed by atoms with Gasteiger partial charge in [-0.1, -0.05) is 31.9 Å². The lowest BCUT2D eigenvalue weighted by atomic mass is 10.1. The van der Waals surface area contributed by atoms with Gasteiger partial charge in [0.1, 0.15) is 11.3 Å². The van der Waals surface area contributed by atoms with Crippen LogP contribution in [0.2, 0.25) is 0 Å². The van der Waals surface area contributed by atoms with Crippen molar-refractivity contribution in [3.63, 3.8) is 0 Å². The molecule has 0 saturated carbocycles. The molecule has 0 bridgehead atoms. The largest absolute Gasteiger partial charge is 0.493 e. The topological polar surface area (TPSA) is 58.6 Å². The first-order valence-corrected chi connectivity index (χ1v) is 9.13. The Labute approximate surface area is 161 Å². The fourth-order valence-electron chi connectivity index (χ4n) is 2.40. The van der Waals surface area contributed by atoms with Gasteiger partial charge in [-0.05, 0) is 55.5 Å². The number of amides is 2. The summed E-state index contributed by atoms with van der Waals surface area (Å²) < 4.78 is 7.29. The third-order valence-electron chi connectivity index (χ3n) is 3.55. The minimum absolute atomic E-state index is 0.0574. The summed E-state index contributed by atoms with van der Waals surface area (Å²) in [5, 5.41) is 1.24.